The first-order chi connectivity index (χ1) is 16.1. The van der Waals surface area contributed by atoms with Gasteiger partial charge in [-0.05, 0) is 70.4 Å². The number of rotatable bonds is 4. The minimum absolute atomic E-state index is 0.0472. The van der Waals surface area contributed by atoms with Gasteiger partial charge in [0.15, 0.2) is 0 Å². The van der Waals surface area contributed by atoms with Crippen LogP contribution in [0.15, 0.2) is 84.4 Å². The van der Waals surface area contributed by atoms with Crippen molar-refractivity contribution in [2.24, 2.45) is 0 Å². The molecule has 0 atom stereocenters. The lowest BCUT2D eigenvalue weighted by molar-refractivity contribution is -0.117. The number of ether oxygens (including phenoxy) is 1. The second-order valence-corrected chi connectivity index (χ2v) is 7.64. The monoisotopic (exact) mass is 436 g/mol. The summed E-state index contributed by atoms with van der Waals surface area (Å²) in [5, 5.41) is 5.17. The Morgan fingerprint density at radius 2 is 1.52 bits per heavy atom. The molecule has 0 saturated carbocycles. The number of carbonyl (C=O) groups excluding carboxylic acids is 3. The van der Waals surface area contributed by atoms with Crippen molar-refractivity contribution in [1.82, 2.24) is 5.43 Å². The van der Waals surface area contributed by atoms with Gasteiger partial charge in [0, 0.05) is 0 Å². The van der Waals surface area contributed by atoms with Gasteiger partial charge in [0.25, 0.3) is 11.8 Å². The molecule has 0 aliphatic carbocycles. The first-order valence-corrected chi connectivity index (χ1v) is 10.6. The van der Waals surface area contributed by atoms with Crippen molar-refractivity contribution in [3.05, 3.63) is 95.6 Å². The Morgan fingerprint density at radius 1 is 0.909 bits per heavy atom. The van der Waals surface area contributed by atoms with Crippen LogP contribution in [0, 0.1) is 0 Å². The normalized spacial score (nSPS) is 14.8. The van der Waals surface area contributed by atoms with Gasteiger partial charge >= 0.3 is 5.97 Å². The quantitative estimate of drug-likeness (QED) is 0.219. The third kappa shape index (κ3) is 3.61. The third-order valence-corrected chi connectivity index (χ3v) is 5.63. The summed E-state index contributed by atoms with van der Waals surface area (Å²) in [5.41, 5.74) is 4.31. The highest BCUT2D eigenvalue weighted by molar-refractivity contribution is 6.32. The van der Waals surface area contributed by atoms with E-state index in [1.165, 1.54) is 5.01 Å². The zero-order valence-corrected chi connectivity index (χ0v) is 17.9. The molecule has 1 aliphatic rings. The number of hydrazine groups is 1. The van der Waals surface area contributed by atoms with Crippen LogP contribution in [0.4, 0.5) is 5.69 Å². The maximum atomic E-state index is 13.2. The number of carbonyl (C=O) groups is 3. The fraction of sp³-hybridized carbons (Fsp3) is 0.0741. The molecule has 4 aromatic carbocycles. The molecular formula is C27H20N2O4. The average molecular weight is 436 g/mol. The topological polar surface area (TPSA) is 75.7 Å². The summed E-state index contributed by atoms with van der Waals surface area (Å²) in [5.74, 6) is -1.38. The third-order valence-electron chi connectivity index (χ3n) is 5.63. The number of hydrogen-bond acceptors (Lipinski definition) is 4. The summed E-state index contributed by atoms with van der Waals surface area (Å²) < 4.78 is 4.99. The highest BCUT2D eigenvalue weighted by Crippen LogP contribution is 2.31. The number of anilines is 1. The Balaban J connectivity index is 1.55. The minimum atomic E-state index is -0.480. The summed E-state index contributed by atoms with van der Waals surface area (Å²) in [4.78, 5) is 37.9. The van der Waals surface area contributed by atoms with E-state index in [4.69, 9.17) is 4.74 Å². The molecule has 6 heteroatoms. The Kier molecular flexibility index (Phi) is 5.11. The predicted molar refractivity (Wildman–Crippen MR) is 127 cm³/mol. The second-order valence-electron chi connectivity index (χ2n) is 7.64. The summed E-state index contributed by atoms with van der Waals surface area (Å²) in [6, 6.07) is 24.2. The molecule has 5 rings (SSSR count). The van der Waals surface area contributed by atoms with E-state index in [9.17, 15) is 14.4 Å². The average Bonchev–Trinajstić information content (AvgIpc) is 3.12. The molecule has 0 spiro atoms. The van der Waals surface area contributed by atoms with E-state index in [0.717, 1.165) is 27.1 Å². The molecule has 0 unspecified atom stereocenters. The van der Waals surface area contributed by atoms with Crippen LogP contribution in [0.3, 0.4) is 0 Å². The fourth-order valence-corrected chi connectivity index (χ4v) is 4.05. The molecule has 1 heterocycles. The van der Waals surface area contributed by atoms with Crippen molar-refractivity contribution < 1.29 is 19.1 Å². The Bertz CT molecular complexity index is 1400. The molecule has 1 fully saturated rings. The van der Waals surface area contributed by atoms with Crippen LogP contribution in [-0.4, -0.2) is 24.4 Å². The van der Waals surface area contributed by atoms with Gasteiger partial charge < -0.3 is 4.74 Å². The van der Waals surface area contributed by atoms with Gasteiger partial charge in [-0.15, -0.1) is 0 Å². The van der Waals surface area contributed by atoms with Crippen LogP contribution < -0.4 is 10.4 Å². The van der Waals surface area contributed by atoms with Gasteiger partial charge in [0.1, 0.15) is 5.57 Å². The van der Waals surface area contributed by atoms with Crippen molar-refractivity contribution >= 4 is 51.1 Å². The zero-order chi connectivity index (χ0) is 22.9. The summed E-state index contributed by atoms with van der Waals surface area (Å²) in [7, 11) is 0. The molecule has 4 aromatic rings. The van der Waals surface area contributed by atoms with E-state index in [1.807, 2.05) is 48.5 Å². The molecular weight excluding hydrogens is 416 g/mol. The molecule has 33 heavy (non-hydrogen) atoms. The largest absolute Gasteiger partial charge is 0.462 e. The molecule has 162 valence electrons. The zero-order valence-electron chi connectivity index (χ0n) is 17.9. The standard InChI is InChI=1S/C27H20N2O4/c1-2-33-27(32)17-11-13-20(14-12-17)29-26(31)24(25(30)28-29)16-23-21-9-5-3-7-18(21)15-19-8-4-6-10-22(19)23/h3-16H,2H2,1H3,(H,28,30)/b24-16-. The van der Waals surface area contributed by atoms with Crippen LogP contribution in [0.5, 0.6) is 0 Å². The van der Waals surface area contributed by atoms with Crippen LogP contribution in [0.25, 0.3) is 27.6 Å². The molecule has 1 N–H and O–H groups in total. The first kappa shape index (κ1) is 20.5. The molecule has 0 radical (unpaired) electrons. The summed E-state index contributed by atoms with van der Waals surface area (Å²) >= 11 is 0. The lowest BCUT2D eigenvalue weighted by Gasteiger charge is -2.15. The molecule has 0 aromatic heterocycles. The smallest absolute Gasteiger partial charge is 0.338 e. The van der Waals surface area contributed by atoms with Crippen LogP contribution in [0.2, 0.25) is 0 Å². The lowest BCUT2D eigenvalue weighted by Crippen LogP contribution is -2.35. The van der Waals surface area contributed by atoms with Crippen LogP contribution >= 0.6 is 0 Å². The van der Waals surface area contributed by atoms with E-state index in [0.29, 0.717) is 11.3 Å². The number of benzene rings is 4. The van der Waals surface area contributed by atoms with Crippen LogP contribution in [0.1, 0.15) is 22.8 Å². The molecule has 0 bridgehead atoms. The summed E-state index contributed by atoms with van der Waals surface area (Å²) in [6.45, 7) is 2.01. The highest BCUT2D eigenvalue weighted by Gasteiger charge is 2.34. The maximum absolute atomic E-state index is 13.2. The number of esters is 1. The summed E-state index contributed by atoms with van der Waals surface area (Å²) in [6.07, 6.45) is 1.66. The van der Waals surface area contributed by atoms with Gasteiger partial charge in [0.05, 0.1) is 17.9 Å². The van der Waals surface area contributed by atoms with Crippen molar-refractivity contribution in [3.8, 4) is 0 Å². The number of amides is 2. The predicted octanol–water partition coefficient (Wildman–Crippen LogP) is 4.63. The second kappa shape index (κ2) is 8.24. The van der Waals surface area contributed by atoms with Gasteiger partial charge in [0.2, 0.25) is 0 Å². The van der Waals surface area contributed by atoms with E-state index >= 15 is 0 Å². The first-order valence-electron chi connectivity index (χ1n) is 10.6. The molecule has 1 saturated heterocycles. The van der Waals surface area contributed by atoms with Gasteiger partial charge in [-0.3, -0.25) is 15.0 Å². The van der Waals surface area contributed by atoms with Gasteiger partial charge in [-0.1, -0.05) is 48.5 Å². The highest BCUT2D eigenvalue weighted by atomic mass is 16.5. The van der Waals surface area contributed by atoms with Crippen LogP contribution in [-0.2, 0) is 14.3 Å². The van der Waals surface area contributed by atoms with Crippen molar-refractivity contribution in [2.45, 2.75) is 6.92 Å². The SMILES string of the molecule is CCOC(=O)c1ccc(N2NC(=O)/C(=C/c3c4ccccc4cc4ccccc34)C2=O)cc1. The van der Waals surface area contributed by atoms with Gasteiger partial charge in [-0.2, -0.15) is 0 Å². The van der Waals surface area contributed by atoms with Crippen molar-refractivity contribution in [3.63, 3.8) is 0 Å². The maximum Gasteiger partial charge on any atom is 0.338 e. The molecule has 6 nitrogen and oxygen atoms in total. The van der Waals surface area contributed by atoms with E-state index in [1.54, 1.807) is 37.3 Å². The minimum Gasteiger partial charge on any atom is -0.462 e. The Hall–Kier alpha value is -4.45. The lowest BCUT2D eigenvalue weighted by atomic mass is 9.95. The number of fused-ring (bicyclic) bond motifs is 2. The molecule has 1 aliphatic heterocycles. The van der Waals surface area contributed by atoms with Gasteiger partial charge in [-0.25, -0.2) is 9.80 Å². The number of nitrogens with zero attached hydrogens (tertiary/aromatic N) is 1. The number of nitrogens with one attached hydrogen (secondary N) is 1. The Labute approximate surface area is 190 Å². The van der Waals surface area contributed by atoms with Crippen molar-refractivity contribution in [1.29, 1.82) is 0 Å². The Morgan fingerprint density at radius 3 is 2.12 bits per heavy atom. The van der Waals surface area contributed by atoms with E-state index in [-0.39, 0.29) is 12.2 Å². The van der Waals surface area contributed by atoms with E-state index < -0.39 is 17.8 Å². The van der Waals surface area contributed by atoms with Crippen molar-refractivity contribution in [2.75, 3.05) is 11.6 Å². The number of hydrogen-bond donors (Lipinski definition) is 1. The van der Waals surface area contributed by atoms with E-state index in [2.05, 4.69) is 11.5 Å². The molecule has 2 amide bonds. The fourth-order valence-electron chi connectivity index (χ4n) is 4.05.